The number of ether oxygens (including phenoxy) is 1. The fraction of sp³-hybridized carbons (Fsp3) is 0.286. The lowest BCUT2D eigenvalue weighted by atomic mass is 9.95. The van der Waals surface area contributed by atoms with Crippen LogP contribution in [-0.2, 0) is 9.59 Å². The van der Waals surface area contributed by atoms with Gasteiger partial charge in [-0.15, -0.1) is 0 Å². The molecule has 1 aromatic carbocycles. The molecule has 0 aliphatic carbocycles. The molecule has 1 amide bonds. The van der Waals surface area contributed by atoms with Crippen molar-refractivity contribution in [1.29, 1.82) is 0 Å². The zero-order valence-electron chi connectivity index (χ0n) is 15.5. The molecule has 1 aliphatic rings. The molecule has 1 unspecified atom stereocenters. The number of aromatic nitrogens is 1. The first-order valence-corrected chi connectivity index (χ1v) is 9.11. The molecular weight excluding hydrogens is 360 g/mol. The molecule has 0 saturated carbocycles. The number of Topliss-reactive ketones (excluding diaryl/α,β-unsaturated/α-hetero) is 1. The number of carbonyl (C=O) groups excluding carboxylic acids is 2. The summed E-state index contributed by atoms with van der Waals surface area (Å²) in [5.41, 5.74) is 1.12. The number of aliphatic hydroxyl groups excluding tert-OH is 2. The highest BCUT2D eigenvalue weighted by Crippen LogP contribution is 2.40. The molecule has 0 radical (unpaired) electrons. The van der Waals surface area contributed by atoms with Crippen LogP contribution in [0.4, 0.5) is 0 Å². The van der Waals surface area contributed by atoms with Crippen LogP contribution in [0, 0.1) is 0 Å². The van der Waals surface area contributed by atoms with E-state index in [0.29, 0.717) is 29.8 Å². The number of aliphatic hydroxyl groups is 2. The molecule has 1 fully saturated rings. The second kappa shape index (κ2) is 8.67. The summed E-state index contributed by atoms with van der Waals surface area (Å²) in [6, 6.07) is 9.43. The molecule has 0 spiro atoms. The van der Waals surface area contributed by atoms with Crippen LogP contribution in [-0.4, -0.2) is 51.5 Å². The van der Waals surface area contributed by atoms with Gasteiger partial charge in [0.25, 0.3) is 11.7 Å². The molecule has 7 nitrogen and oxygen atoms in total. The van der Waals surface area contributed by atoms with Crippen LogP contribution in [0.15, 0.2) is 54.4 Å². The van der Waals surface area contributed by atoms with E-state index in [1.165, 1.54) is 17.3 Å². The minimum Gasteiger partial charge on any atom is -0.507 e. The van der Waals surface area contributed by atoms with Crippen molar-refractivity contribution >= 4 is 17.4 Å². The molecule has 7 heteroatoms. The van der Waals surface area contributed by atoms with Gasteiger partial charge in [-0.3, -0.25) is 14.6 Å². The van der Waals surface area contributed by atoms with Gasteiger partial charge in [0, 0.05) is 24.5 Å². The predicted octanol–water partition coefficient (Wildman–Crippen LogP) is 2.28. The Morgan fingerprint density at radius 1 is 1.21 bits per heavy atom. The van der Waals surface area contributed by atoms with E-state index in [-0.39, 0.29) is 24.5 Å². The number of nitrogens with zero attached hydrogens (tertiary/aromatic N) is 2. The molecule has 1 aliphatic heterocycles. The van der Waals surface area contributed by atoms with E-state index >= 15 is 0 Å². The average Bonchev–Trinajstić information content (AvgIpc) is 2.98. The highest BCUT2D eigenvalue weighted by atomic mass is 16.5. The monoisotopic (exact) mass is 382 g/mol. The molecule has 146 valence electrons. The third-order valence-corrected chi connectivity index (χ3v) is 4.49. The number of ketones is 1. The summed E-state index contributed by atoms with van der Waals surface area (Å²) in [7, 11) is 0. The van der Waals surface area contributed by atoms with Crippen LogP contribution in [0.25, 0.3) is 5.76 Å². The van der Waals surface area contributed by atoms with E-state index < -0.39 is 17.7 Å². The number of benzene rings is 1. The quantitative estimate of drug-likeness (QED) is 0.433. The van der Waals surface area contributed by atoms with Gasteiger partial charge in [-0.1, -0.05) is 19.1 Å². The van der Waals surface area contributed by atoms with Crippen LogP contribution in [0.5, 0.6) is 5.75 Å². The highest BCUT2D eigenvalue weighted by molar-refractivity contribution is 6.46. The molecule has 0 bridgehead atoms. The summed E-state index contributed by atoms with van der Waals surface area (Å²) in [6.45, 7) is 2.31. The number of pyridine rings is 1. The van der Waals surface area contributed by atoms with Crippen molar-refractivity contribution in [3.8, 4) is 5.75 Å². The van der Waals surface area contributed by atoms with E-state index in [1.807, 2.05) is 6.92 Å². The SMILES string of the molecule is CCCN1C(=O)C(=O)/C(=C(\O)c2ccncc2)C1c1cccc(OCCO)c1. The Bertz CT molecular complexity index is 895. The van der Waals surface area contributed by atoms with Gasteiger partial charge in [0.2, 0.25) is 0 Å². The first kappa shape index (κ1) is 19.6. The van der Waals surface area contributed by atoms with Crippen LogP contribution < -0.4 is 4.74 Å². The normalized spacial score (nSPS) is 18.5. The number of hydrogen-bond donors (Lipinski definition) is 2. The summed E-state index contributed by atoms with van der Waals surface area (Å²) >= 11 is 0. The van der Waals surface area contributed by atoms with E-state index in [4.69, 9.17) is 9.84 Å². The van der Waals surface area contributed by atoms with Gasteiger partial charge in [0.1, 0.15) is 18.1 Å². The van der Waals surface area contributed by atoms with Crippen molar-refractivity contribution in [2.75, 3.05) is 19.8 Å². The first-order valence-electron chi connectivity index (χ1n) is 9.11. The standard InChI is InChI=1S/C21H22N2O5/c1-2-10-23-18(15-4-3-5-16(13-15)28-12-11-24)17(20(26)21(23)27)19(25)14-6-8-22-9-7-14/h3-9,13,18,24-25H,2,10-12H2,1H3/b19-17-. The molecule has 2 N–H and O–H groups in total. The van der Waals surface area contributed by atoms with E-state index in [1.54, 1.807) is 36.4 Å². The van der Waals surface area contributed by atoms with Gasteiger partial charge in [-0.2, -0.15) is 0 Å². The maximum atomic E-state index is 12.8. The summed E-state index contributed by atoms with van der Waals surface area (Å²) in [5, 5.41) is 19.8. The van der Waals surface area contributed by atoms with Crippen LogP contribution in [0.3, 0.4) is 0 Å². The Hall–Kier alpha value is -3.19. The minimum atomic E-state index is -0.717. The summed E-state index contributed by atoms with van der Waals surface area (Å²) in [4.78, 5) is 30.8. The fourth-order valence-corrected chi connectivity index (χ4v) is 3.30. The van der Waals surface area contributed by atoms with E-state index in [0.717, 1.165) is 0 Å². The van der Waals surface area contributed by atoms with Gasteiger partial charge in [0.05, 0.1) is 18.2 Å². The Morgan fingerprint density at radius 3 is 2.64 bits per heavy atom. The zero-order chi connectivity index (χ0) is 20.1. The maximum Gasteiger partial charge on any atom is 0.295 e. The lowest BCUT2D eigenvalue weighted by Crippen LogP contribution is -2.30. The number of rotatable bonds is 7. The molecule has 2 heterocycles. The van der Waals surface area contributed by atoms with Gasteiger partial charge < -0.3 is 19.8 Å². The number of likely N-dealkylation sites (tertiary alicyclic amines) is 1. The lowest BCUT2D eigenvalue weighted by Gasteiger charge is -2.25. The molecule has 1 aromatic heterocycles. The molecule has 2 aromatic rings. The smallest absolute Gasteiger partial charge is 0.295 e. The van der Waals surface area contributed by atoms with Gasteiger partial charge >= 0.3 is 0 Å². The summed E-state index contributed by atoms with van der Waals surface area (Å²) in [6.07, 6.45) is 3.69. The van der Waals surface area contributed by atoms with Crippen molar-refractivity contribution in [3.63, 3.8) is 0 Å². The van der Waals surface area contributed by atoms with Crippen molar-refractivity contribution < 1.29 is 24.5 Å². The number of hydrogen-bond acceptors (Lipinski definition) is 6. The molecule has 3 rings (SSSR count). The Balaban J connectivity index is 2.12. The molecule has 1 atom stereocenters. The topological polar surface area (TPSA) is 100.0 Å². The van der Waals surface area contributed by atoms with E-state index in [2.05, 4.69) is 4.98 Å². The first-order chi connectivity index (χ1) is 13.6. The molecule has 1 saturated heterocycles. The third kappa shape index (κ3) is 3.75. The Morgan fingerprint density at radius 2 is 1.96 bits per heavy atom. The van der Waals surface area contributed by atoms with Crippen molar-refractivity contribution in [2.45, 2.75) is 19.4 Å². The number of amides is 1. The largest absolute Gasteiger partial charge is 0.507 e. The van der Waals surface area contributed by atoms with Crippen LogP contribution in [0.1, 0.15) is 30.5 Å². The fourth-order valence-electron chi connectivity index (χ4n) is 3.30. The van der Waals surface area contributed by atoms with Gasteiger partial charge in [0.15, 0.2) is 0 Å². The Labute approximate surface area is 162 Å². The molecule has 28 heavy (non-hydrogen) atoms. The summed E-state index contributed by atoms with van der Waals surface area (Å²) < 4.78 is 5.46. The second-order valence-corrected chi connectivity index (χ2v) is 6.37. The maximum absolute atomic E-state index is 12.8. The van der Waals surface area contributed by atoms with Gasteiger partial charge in [-0.25, -0.2) is 0 Å². The van der Waals surface area contributed by atoms with Crippen LogP contribution >= 0.6 is 0 Å². The lowest BCUT2D eigenvalue weighted by molar-refractivity contribution is -0.139. The average molecular weight is 382 g/mol. The minimum absolute atomic E-state index is 0.0453. The Kier molecular flexibility index (Phi) is 6.06. The summed E-state index contributed by atoms with van der Waals surface area (Å²) in [5.74, 6) is -1.07. The van der Waals surface area contributed by atoms with E-state index in [9.17, 15) is 14.7 Å². The molecular formula is C21H22N2O5. The number of carbonyl (C=O) groups is 2. The second-order valence-electron chi connectivity index (χ2n) is 6.37. The predicted molar refractivity (Wildman–Crippen MR) is 103 cm³/mol. The van der Waals surface area contributed by atoms with Crippen molar-refractivity contribution in [3.05, 3.63) is 65.5 Å². The van der Waals surface area contributed by atoms with Crippen molar-refractivity contribution in [1.82, 2.24) is 9.88 Å². The third-order valence-electron chi connectivity index (χ3n) is 4.49. The van der Waals surface area contributed by atoms with Crippen LogP contribution in [0.2, 0.25) is 0 Å². The van der Waals surface area contributed by atoms with Gasteiger partial charge in [-0.05, 0) is 36.2 Å². The van der Waals surface area contributed by atoms with Crippen molar-refractivity contribution in [2.24, 2.45) is 0 Å². The highest BCUT2D eigenvalue weighted by Gasteiger charge is 2.45. The zero-order valence-corrected chi connectivity index (χ0v) is 15.5.